The Kier molecular flexibility index (Phi) is 11.3. The van der Waals surface area contributed by atoms with Crippen LogP contribution in [-0.4, -0.2) is 82.8 Å². The summed E-state index contributed by atoms with van der Waals surface area (Å²) in [5, 5.41) is 17.9. The fourth-order valence-electron chi connectivity index (χ4n) is 5.25. The van der Waals surface area contributed by atoms with Gasteiger partial charge in [-0.15, -0.1) is 0 Å². The van der Waals surface area contributed by atoms with Gasteiger partial charge in [0.15, 0.2) is 5.78 Å². The van der Waals surface area contributed by atoms with Gasteiger partial charge in [0.2, 0.25) is 23.6 Å². The minimum absolute atomic E-state index is 0.216. The Labute approximate surface area is 241 Å². The summed E-state index contributed by atoms with van der Waals surface area (Å²) in [4.78, 5) is 67.5. The molecule has 2 aliphatic rings. The van der Waals surface area contributed by atoms with Crippen LogP contribution >= 0.6 is 0 Å². The first kappa shape index (κ1) is 32.0. The quantitative estimate of drug-likeness (QED) is 0.292. The fourth-order valence-corrected chi connectivity index (χ4v) is 5.25. The van der Waals surface area contributed by atoms with Crippen molar-refractivity contribution in [3.8, 4) is 5.75 Å². The molecule has 1 aromatic rings. The van der Waals surface area contributed by atoms with Crippen LogP contribution in [0.2, 0.25) is 0 Å². The predicted octanol–water partition coefficient (Wildman–Crippen LogP) is 1.40. The summed E-state index contributed by atoms with van der Waals surface area (Å²) in [5.41, 5.74) is -0.500. The lowest BCUT2D eigenvalue weighted by atomic mass is 9.94. The predicted molar refractivity (Wildman–Crippen MR) is 152 cm³/mol. The van der Waals surface area contributed by atoms with E-state index in [-0.39, 0.29) is 31.0 Å². The number of ketones is 1. The number of unbranched alkanes of at least 4 members (excludes halogenated alkanes) is 2. The second-order valence-corrected chi connectivity index (χ2v) is 11.2. The molecule has 0 aromatic heterocycles. The van der Waals surface area contributed by atoms with Crippen molar-refractivity contribution in [1.82, 2.24) is 20.9 Å². The van der Waals surface area contributed by atoms with Gasteiger partial charge in [0.05, 0.1) is 7.11 Å². The highest BCUT2D eigenvalue weighted by Gasteiger charge is 2.43. The molecule has 41 heavy (non-hydrogen) atoms. The Morgan fingerprint density at radius 3 is 2.41 bits per heavy atom. The number of fused-ring (bicyclic) bond motifs is 1. The molecule has 3 rings (SSSR count). The lowest BCUT2D eigenvalue weighted by Gasteiger charge is -2.36. The monoisotopic (exact) mass is 572 g/mol. The summed E-state index contributed by atoms with van der Waals surface area (Å²) >= 11 is 0. The molecule has 0 bridgehead atoms. The molecule has 4 amide bonds. The van der Waals surface area contributed by atoms with E-state index >= 15 is 0 Å². The van der Waals surface area contributed by atoms with Gasteiger partial charge in [-0.25, -0.2) is 0 Å². The summed E-state index contributed by atoms with van der Waals surface area (Å²) in [6, 6.07) is 4.65. The van der Waals surface area contributed by atoms with Crippen molar-refractivity contribution in [2.45, 2.75) is 108 Å². The molecule has 0 spiro atoms. The minimum Gasteiger partial charge on any atom is -0.497 e. The number of nitrogens with one attached hydrogen (secondary N) is 3. The molecule has 2 saturated heterocycles. The summed E-state index contributed by atoms with van der Waals surface area (Å²) in [6.07, 6.45) is 2.86. The van der Waals surface area contributed by atoms with E-state index in [2.05, 4.69) is 16.0 Å². The second kappa shape index (κ2) is 14.4. The lowest BCUT2D eigenvalue weighted by Crippen LogP contribution is -2.65. The number of carbonyl (C=O) groups is 5. The maximum atomic E-state index is 13.8. The number of aliphatic hydroxyl groups is 1. The Bertz CT molecular complexity index is 1110. The zero-order valence-electron chi connectivity index (χ0n) is 24.5. The molecule has 2 aliphatic heterocycles. The van der Waals surface area contributed by atoms with E-state index in [1.54, 1.807) is 33.1 Å². The van der Waals surface area contributed by atoms with Crippen LogP contribution in [0.5, 0.6) is 5.75 Å². The van der Waals surface area contributed by atoms with Crippen molar-refractivity contribution >= 4 is 29.4 Å². The lowest BCUT2D eigenvalue weighted by molar-refractivity contribution is -0.144. The highest BCUT2D eigenvalue weighted by molar-refractivity contribution is 5.99. The second-order valence-electron chi connectivity index (χ2n) is 11.2. The molecule has 4 N–H and O–H groups in total. The van der Waals surface area contributed by atoms with Crippen molar-refractivity contribution in [1.29, 1.82) is 0 Å². The van der Waals surface area contributed by atoms with Gasteiger partial charge in [0.1, 0.15) is 35.5 Å². The van der Waals surface area contributed by atoms with Crippen LogP contribution in [0, 0.1) is 0 Å². The van der Waals surface area contributed by atoms with Gasteiger partial charge in [0.25, 0.3) is 0 Å². The van der Waals surface area contributed by atoms with E-state index in [9.17, 15) is 29.1 Å². The van der Waals surface area contributed by atoms with Crippen molar-refractivity contribution < 1.29 is 33.8 Å². The van der Waals surface area contributed by atoms with Crippen LogP contribution in [0.3, 0.4) is 0 Å². The molecule has 1 unspecified atom stereocenters. The van der Waals surface area contributed by atoms with Gasteiger partial charge < -0.3 is 30.7 Å². The van der Waals surface area contributed by atoms with Crippen LogP contribution in [0.15, 0.2) is 24.3 Å². The van der Waals surface area contributed by atoms with Crippen LogP contribution in [0.4, 0.5) is 0 Å². The van der Waals surface area contributed by atoms with E-state index in [1.807, 2.05) is 12.1 Å². The molecule has 2 heterocycles. The first-order valence-corrected chi connectivity index (χ1v) is 14.6. The smallest absolute Gasteiger partial charge is 0.246 e. The maximum Gasteiger partial charge on any atom is 0.246 e. The topological polar surface area (TPSA) is 154 Å². The van der Waals surface area contributed by atoms with Crippen LogP contribution < -0.4 is 20.7 Å². The zero-order chi connectivity index (χ0) is 30.2. The van der Waals surface area contributed by atoms with Crippen molar-refractivity contribution in [2.24, 2.45) is 0 Å². The van der Waals surface area contributed by atoms with Gasteiger partial charge in [-0.05, 0) is 63.6 Å². The number of carbonyl (C=O) groups excluding carboxylic acids is 5. The zero-order valence-corrected chi connectivity index (χ0v) is 24.5. The third-order valence-corrected chi connectivity index (χ3v) is 8.16. The Balaban J connectivity index is 1.82. The highest BCUT2D eigenvalue weighted by Crippen LogP contribution is 2.23. The van der Waals surface area contributed by atoms with E-state index in [1.165, 1.54) is 11.8 Å². The third-order valence-electron chi connectivity index (χ3n) is 8.16. The number of hydrogen-bond donors (Lipinski definition) is 4. The summed E-state index contributed by atoms with van der Waals surface area (Å²) in [5.74, 6) is -1.24. The Morgan fingerprint density at radius 1 is 1.07 bits per heavy atom. The number of ether oxygens (including phenoxy) is 1. The summed E-state index contributed by atoms with van der Waals surface area (Å²) in [7, 11) is 1.57. The number of nitrogens with zero attached hydrogens (tertiary/aromatic N) is 1. The van der Waals surface area contributed by atoms with Crippen LogP contribution in [0.25, 0.3) is 0 Å². The number of Topliss-reactive ketones (excluding diaryl/α,β-unsaturated/α-hetero) is 1. The van der Waals surface area contributed by atoms with Crippen molar-refractivity contribution in [3.05, 3.63) is 29.8 Å². The SMILES string of the molecule is CC[C@]1(C)NC(=O)[C@H](CCCCCC(=O)C(C)O)NC(=O)[C@H]2CCCN2C(=O)[C@H](Cc2ccc(OC)cc2)NC1=O. The molecule has 0 saturated carbocycles. The van der Waals surface area contributed by atoms with Crippen molar-refractivity contribution in [2.75, 3.05) is 13.7 Å². The molecule has 11 heteroatoms. The number of benzene rings is 1. The number of rotatable bonds is 11. The highest BCUT2D eigenvalue weighted by atomic mass is 16.5. The van der Waals surface area contributed by atoms with Gasteiger partial charge >= 0.3 is 0 Å². The van der Waals surface area contributed by atoms with E-state index < -0.39 is 47.5 Å². The average Bonchev–Trinajstić information content (AvgIpc) is 3.45. The molecule has 2 fully saturated rings. The molecule has 226 valence electrons. The summed E-state index contributed by atoms with van der Waals surface area (Å²) in [6.45, 7) is 5.20. The van der Waals surface area contributed by atoms with Gasteiger partial charge in [-0.3, -0.25) is 24.0 Å². The first-order chi connectivity index (χ1) is 19.5. The normalized spacial score (nSPS) is 26.2. The van der Waals surface area contributed by atoms with Gasteiger partial charge in [-0.1, -0.05) is 31.9 Å². The van der Waals surface area contributed by atoms with Crippen molar-refractivity contribution in [3.63, 3.8) is 0 Å². The molecular formula is C30H44N4O7. The van der Waals surface area contributed by atoms with E-state index in [0.29, 0.717) is 50.8 Å². The molecule has 0 radical (unpaired) electrons. The average molecular weight is 573 g/mol. The molecule has 11 nitrogen and oxygen atoms in total. The third kappa shape index (κ3) is 8.28. The molecule has 1 aromatic carbocycles. The minimum atomic E-state index is -1.31. The number of aliphatic hydroxyl groups excluding tert-OH is 1. The number of amides is 4. The van der Waals surface area contributed by atoms with E-state index in [4.69, 9.17) is 4.74 Å². The molecule has 5 atom stereocenters. The Morgan fingerprint density at radius 2 is 1.78 bits per heavy atom. The fraction of sp³-hybridized carbons (Fsp3) is 0.633. The van der Waals surface area contributed by atoms with Crippen LogP contribution in [-0.2, 0) is 30.4 Å². The summed E-state index contributed by atoms with van der Waals surface area (Å²) < 4.78 is 5.22. The van der Waals surface area contributed by atoms with Gasteiger partial charge in [-0.2, -0.15) is 0 Å². The Hall–Kier alpha value is -3.47. The number of methoxy groups -OCH3 is 1. The van der Waals surface area contributed by atoms with Gasteiger partial charge in [0, 0.05) is 19.4 Å². The maximum absolute atomic E-state index is 13.8. The molecular weight excluding hydrogens is 528 g/mol. The largest absolute Gasteiger partial charge is 0.497 e. The standard InChI is InChI=1S/C30H44N4O7/c1-5-30(3)29(40)32-23(18-20-13-15-21(41-4)16-14-20)28(39)34-17-9-11-24(34)27(38)31-22(26(37)33-30)10-7-6-8-12-25(36)19(2)35/h13-16,19,22-24,35H,5-12,17-18H2,1-4H3,(H,31,38)(H,32,40)(H,33,37)/t19?,22-,23-,24+,30-/m0/s1. The number of hydrogen-bond acceptors (Lipinski definition) is 7. The van der Waals surface area contributed by atoms with E-state index in [0.717, 1.165) is 5.56 Å². The van der Waals surface area contributed by atoms with Crippen LogP contribution in [0.1, 0.15) is 77.7 Å². The molecule has 0 aliphatic carbocycles. The first-order valence-electron chi connectivity index (χ1n) is 14.6.